The predicted octanol–water partition coefficient (Wildman–Crippen LogP) is 2.25. The minimum absolute atomic E-state index is 0.356. The average Bonchev–Trinajstić information content (AvgIpc) is 2.84. The van der Waals surface area contributed by atoms with Crippen molar-refractivity contribution >= 4 is 0 Å². The molecular formula is C16H24N4O2. The van der Waals surface area contributed by atoms with Crippen molar-refractivity contribution in [3.63, 3.8) is 0 Å². The van der Waals surface area contributed by atoms with E-state index in [0.717, 1.165) is 29.2 Å². The van der Waals surface area contributed by atoms with Crippen molar-refractivity contribution in [2.45, 2.75) is 32.9 Å². The van der Waals surface area contributed by atoms with Crippen LogP contribution in [0, 0.1) is 0 Å². The first-order valence-electron chi connectivity index (χ1n) is 7.36. The molecular weight excluding hydrogens is 280 g/mol. The number of aromatic nitrogens is 3. The number of methoxy groups -OCH3 is 2. The molecule has 2 heterocycles. The molecule has 0 spiro atoms. The van der Waals surface area contributed by atoms with Crippen LogP contribution in [0.15, 0.2) is 18.3 Å². The van der Waals surface area contributed by atoms with Crippen LogP contribution in [0.4, 0.5) is 0 Å². The highest BCUT2D eigenvalue weighted by atomic mass is 16.5. The van der Waals surface area contributed by atoms with E-state index in [1.807, 2.05) is 25.4 Å². The highest BCUT2D eigenvalue weighted by molar-refractivity contribution is 5.33. The fraction of sp³-hybridized carbons (Fsp3) is 0.500. The van der Waals surface area contributed by atoms with Gasteiger partial charge in [-0.25, -0.2) is 9.67 Å². The number of hydrogen-bond donors (Lipinski definition) is 1. The maximum atomic E-state index is 5.47. The molecule has 0 unspecified atom stereocenters. The van der Waals surface area contributed by atoms with Crippen molar-refractivity contribution < 1.29 is 9.47 Å². The normalized spacial score (nSPS) is 11.0. The van der Waals surface area contributed by atoms with E-state index in [4.69, 9.17) is 9.47 Å². The maximum absolute atomic E-state index is 5.47. The molecule has 2 rings (SSSR count). The largest absolute Gasteiger partial charge is 0.481 e. The topological polar surface area (TPSA) is 61.2 Å². The van der Waals surface area contributed by atoms with Crippen LogP contribution >= 0.6 is 0 Å². The highest BCUT2D eigenvalue weighted by Crippen LogP contribution is 2.26. The third-order valence-electron chi connectivity index (χ3n) is 3.50. The Hall–Kier alpha value is -2.08. The van der Waals surface area contributed by atoms with Crippen LogP contribution < -0.4 is 14.8 Å². The highest BCUT2D eigenvalue weighted by Gasteiger charge is 2.18. The summed E-state index contributed by atoms with van der Waals surface area (Å²) in [6.07, 6.45) is 1.82. The molecule has 22 heavy (non-hydrogen) atoms. The standard InChI is InChI=1S/C16H24N4O2/c1-11(2)15-13(16(22-5)20(3)19-15)10-17-8-12-6-7-14(21-4)18-9-12/h6-7,9,11,17H,8,10H2,1-5H3. The van der Waals surface area contributed by atoms with Crippen molar-refractivity contribution in [3.05, 3.63) is 35.2 Å². The second-order valence-corrected chi connectivity index (χ2v) is 5.46. The Bertz CT molecular complexity index is 605. The molecule has 0 fully saturated rings. The first-order chi connectivity index (χ1) is 10.6. The van der Waals surface area contributed by atoms with Gasteiger partial charge in [0.25, 0.3) is 0 Å². The fourth-order valence-electron chi connectivity index (χ4n) is 2.43. The van der Waals surface area contributed by atoms with Gasteiger partial charge in [0.05, 0.1) is 25.5 Å². The lowest BCUT2D eigenvalue weighted by molar-refractivity contribution is 0.368. The number of pyridine rings is 1. The monoisotopic (exact) mass is 304 g/mol. The Kier molecular flexibility index (Phi) is 5.38. The Balaban J connectivity index is 2.04. The Morgan fingerprint density at radius 1 is 1.18 bits per heavy atom. The van der Waals surface area contributed by atoms with Crippen molar-refractivity contribution in [1.82, 2.24) is 20.1 Å². The first kappa shape index (κ1) is 16.3. The molecule has 6 heteroatoms. The average molecular weight is 304 g/mol. The molecule has 0 bridgehead atoms. The molecule has 120 valence electrons. The van der Waals surface area contributed by atoms with Crippen molar-refractivity contribution in [2.24, 2.45) is 7.05 Å². The lowest BCUT2D eigenvalue weighted by Crippen LogP contribution is -2.14. The summed E-state index contributed by atoms with van der Waals surface area (Å²) in [5.41, 5.74) is 3.29. The molecule has 2 aromatic heterocycles. The summed E-state index contributed by atoms with van der Waals surface area (Å²) in [5, 5.41) is 7.98. The summed E-state index contributed by atoms with van der Waals surface area (Å²) in [6.45, 7) is 5.71. The molecule has 0 aliphatic heterocycles. The predicted molar refractivity (Wildman–Crippen MR) is 85.2 cm³/mol. The second kappa shape index (κ2) is 7.26. The number of aryl methyl sites for hydroxylation is 1. The van der Waals surface area contributed by atoms with E-state index >= 15 is 0 Å². The minimum atomic E-state index is 0.356. The Morgan fingerprint density at radius 2 is 1.95 bits per heavy atom. The second-order valence-electron chi connectivity index (χ2n) is 5.46. The van der Waals surface area contributed by atoms with Gasteiger partial charge in [0.2, 0.25) is 11.8 Å². The molecule has 2 aromatic rings. The van der Waals surface area contributed by atoms with Gasteiger partial charge >= 0.3 is 0 Å². The molecule has 1 N–H and O–H groups in total. The lowest BCUT2D eigenvalue weighted by atomic mass is 10.1. The van der Waals surface area contributed by atoms with Gasteiger partial charge in [-0.1, -0.05) is 19.9 Å². The number of nitrogens with one attached hydrogen (secondary N) is 1. The van der Waals surface area contributed by atoms with Crippen LogP contribution in [0.25, 0.3) is 0 Å². The molecule has 6 nitrogen and oxygen atoms in total. The van der Waals surface area contributed by atoms with E-state index in [2.05, 4.69) is 29.2 Å². The van der Waals surface area contributed by atoms with Crippen LogP contribution in [0.1, 0.15) is 36.6 Å². The molecule has 0 aliphatic rings. The van der Waals surface area contributed by atoms with E-state index in [9.17, 15) is 0 Å². The Labute approximate surface area is 131 Å². The van der Waals surface area contributed by atoms with Crippen LogP contribution in [-0.4, -0.2) is 29.0 Å². The molecule has 0 saturated heterocycles. The molecule has 0 saturated carbocycles. The SMILES string of the molecule is COc1ccc(CNCc2c(C(C)C)nn(C)c2OC)cn1. The van der Waals surface area contributed by atoms with Gasteiger partial charge in [-0.05, 0) is 11.5 Å². The van der Waals surface area contributed by atoms with Gasteiger partial charge < -0.3 is 14.8 Å². The third-order valence-corrected chi connectivity index (χ3v) is 3.50. The van der Waals surface area contributed by atoms with E-state index in [-0.39, 0.29) is 0 Å². The first-order valence-corrected chi connectivity index (χ1v) is 7.36. The van der Waals surface area contributed by atoms with Gasteiger partial charge in [0.15, 0.2) is 0 Å². The molecule has 0 radical (unpaired) electrons. The summed E-state index contributed by atoms with van der Waals surface area (Å²) in [4.78, 5) is 4.20. The van der Waals surface area contributed by atoms with E-state index in [1.54, 1.807) is 18.9 Å². The minimum Gasteiger partial charge on any atom is -0.481 e. The molecule has 0 amide bonds. The van der Waals surface area contributed by atoms with Gasteiger partial charge in [-0.3, -0.25) is 0 Å². The number of hydrogen-bond acceptors (Lipinski definition) is 5. The third kappa shape index (κ3) is 3.57. The molecule has 0 aliphatic carbocycles. The quantitative estimate of drug-likeness (QED) is 0.850. The van der Waals surface area contributed by atoms with E-state index in [0.29, 0.717) is 18.3 Å². The van der Waals surface area contributed by atoms with Crippen molar-refractivity contribution in [2.75, 3.05) is 14.2 Å². The summed E-state index contributed by atoms with van der Waals surface area (Å²) < 4.78 is 12.3. The summed E-state index contributed by atoms with van der Waals surface area (Å²) in [7, 11) is 5.20. The zero-order valence-electron chi connectivity index (χ0n) is 13.9. The van der Waals surface area contributed by atoms with Crippen LogP contribution in [0.5, 0.6) is 11.8 Å². The van der Waals surface area contributed by atoms with Crippen LogP contribution in [0.2, 0.25) is 0 Å². The summed E-state index contributed by atoms with van der Waals surface area (Å²) >= 11 is 0. The smallest absolute Gasteiger partial charge is 0.216 e. The van der Waals surface area contributed by atoms with Crippen molar-refractivity contribution in [1.29, 1.82) is 0 Å². The summed E-state index contributed by atoms with van der Waals surface area (Å²) in [5.74, 6) is 1.79. The van der Waals surface area contributed by atoms with Crippen LogP contribution in [0.3, 0.4) is 0 Å². The number of ether oxygens (including phenoxy) is 2. The van der Waals surface area contributed by atoms with E-state index in [1.165, 1.54) is 0 Å². The van der Waals surface area contributed by atoms with Gasteiger partial charge in [-0.15, -0.1) is 0 Å². The van der Waals surface area contributed by atoms with Crippen LogP contribution in [-0.2, 0) is 20.1 Å². The Morgan fingerprint density at radius 3 is 2.50 bits per heavy atom. The number of rotatable bonds is 7. The molecule has 0 atom stereocenters. The van der Waals surface area contributed by atoms with Gasteiger partial charge in [-0.2, -0.15) is 5.10 Å². The number of nitrogens with zero attached hydrogens (tertiary/aromatic N) is 3. The van der Waals surface area contributed by atoms with Crippen molar-refractivity contribution in [3.8, 4) is 11.8 Å². The lowest BCUT2D eigenvalue weighted by Gasteiger charge is -2.09. The zero-order chi connectivity index (χ0) is 16.1. The fourth-order valence-corrected chi connectivity index (χ4v) is 2.43. The van der Waals surface area contributed by atoms with E-state index < -0.39 is 0 Å². The zero-order valence-corrected chi connectivity index (χ0v) is 13.9. The molecule has 0 aromatic carbocycles. The van der Waals surface area contributed by atoms with Gasteiger partial charge in [0.1, 0.15) is 0 Å². The maximum Gasteiger partial charge on any atom is 0.216 e. The summed E-state index contributed by atoms with van der Waals surface area (Å²) in [6, 6.07) is 3.86. The van der Waals surface area contributed by atoms with Gasteiger partial charge in [0, 0.05) is 32.4 Å².